The van der Waals surface area contributed by atoms with E-state index in [2.05, 4.69) is 10.3 Å². The van der Waals surface area contributed by atoms with Crippen molar-refractivity contribution < 1.29 is 22.8 Å². The number of carbonyl (C=O) groups is 3. The van der Waals surface area contributed by atoms with Crippen LogP contribution in [-0.2, 0) is 14.8 Å². The molecule has 4 rings (SSSR count). The average molecular weight is 459 g/mol. The number of fused-ring (bicyclic) bond motifs is 2. The highest BCUT2D eigenvalue weighted by atomic mass is 32.2. The van der Waals surface area contributed by atoms with E-state index in [0.29, 0.717) is 10.2 Å². The van der Waals surface area contributed by atoms with E-state index < -0.39 is 33.8 Å². The molecule has 0 saturated heterocycles. The third-order valence-electron chi connectivity index (χ3n) is 4.96. The SMILES string of the molecule is C[C@@H](C(=O)Nc1nc2ccc(S(=O)(=O)N(C)C)cc2s1)N1C(=O)c2ccccc2C1=O. The van der Waals surface area contributed by atoms with Crippen LogP contribution in [0.25, 0.3) is 10.2 Å². The molecule has 9 nitrogen and oxygen atoms in total. The Labute approximate surface area is 182 Å². The standard InChI is InChI=1S/C20H18N4O5S2/c1-11(24-18(26)13-6-4-5-7-14(13)19(24)27)17(25)22-20-21-15-9-8-12(10-16(15)30-20)31(28,29)23(2)3/h4-11H,1-3H3,(H,21,22,25)/t11-/m0/s1. The zero-order chi connectivity index (χ0) is 22.5. The van der Waals surface area contributed by atoms with Crippen LogP contribution in [0.4, 0.5) is 5.13 Å². The molecule has 160 valence electrons. The van der Waals surface area contributed by atoms with E-state index in [-0.39, 0.29) is 21.2 Å². The number of hydrogen-bond acceptors (Lipinski definition) is 7. The first kappa shape index (κ1) is 21.1. The Bertz CT molecular complexity index is 1310. The van der Waals surface area contributed by atoms with Gasteiger partial charge in [-0.1, -0.05) is 23.5 Å². The number of carbonyl (C=O) groups excluding carboxylic acids is 3. The van der Waals surface area contributed by atoms with Crippen LogP contribution < -0.4 is 5.32 Å². The molecule has 0 unspecified atom stereocenters. The van der Waals surface area contributed by atoms with Gasteiger partial charge >= 0.3 is 0 Å². The smallest absolute Gasteiger partial charge is 0.262 e. The van der Waals surface area contributed by atoms with E-state index in [9.17, 15) is 22.8 Å². The van der Waals surface area contributed by atoms with Crippen molar-refractivity contribution in [3.63, 3.8) is 0 Å². The Morgan fingerprint density at radius 2 is 1.71 bits per heavy atom. The number of nitrogens with one attached hydrogen (secondary N) is 1. The summed E-state index contributed by atoms with van der Waals surface area (Å²) in [5.74, 6) is -1.62. The predicted octanol–water partition coefficient (Wildman–Crippen LogP) is 2.17. The highest BCUT2D eigenvalue weighted by Crippen LogP contribution is 2.30. The number of anilines is 1. The van der Waals surface area contributed by atoms with Gasteiger partial charge in [-0.2, -0.15) is 0 Å². The van der Waals surface area contributed by atoms with Gasteiger partial charge < -0.3 is 5.32 Å². The van der Waals surface area contributed by atoms with Crippen molar-refractivity contribution in [3.8, 4) is 0 Å². The molecule has 0 radical (unpaired) electrons. The number of benzene rings is 2. The van der Waals surface area contributed by atoms with Crippen molar-refractivity contribution in [2.45, 2.75) is 17.9 Å². The molecule has 0 spiro atoms. The molecule has 0 bridgehead atoms. The van der Waals surface area contributed by atoms with E-state index in [4.69, 9.17) is 0 Å². The zero-order valence-corrected chi connectivity index (χ0v) is 18.5. The van der Waals surface area contributed by atoms with Crippen molar-refractivity contribution in [2.75, 3.05) is 19.4 Å². The molecular formula is C20H18N4O5S2. The summed E-state index contributed by atoms with van der Waals surface area (Å²) >= 11 is 1.10. The Hall–Kier alpha value is -3.15. The Kier molecular flexibility index (Phi) is 5.12. The molecule has 1 atom stereocenters. The molecule has 3 amide bonds. The second-order valence-corrected chi connectivity index (χ2v) is 10.3. The molecule has 0 fully saturated rings. The third-order valence-corrected chi connectivity index (χ3v) is 7.71. The van der Waals surface area contributed by atoms with E-state index >= 15 is 0 Å². The monoisotopic (exact) mass is 458 g/mol. The van der Waals surface area contributed by atoms with Crippen LogP contribution in [0.15, 0.2) is 47.4 Å². The molecule has 1 aliphatic rings. The van der Waals surface area contributed by atoms with E-state index in [1.807, 2.05) is 0 Å². The molecule has 31 heavy (non-hydrogen) atoms. The maximum atomic E-state index is 12.7. The van der Waals surface area contributed by atoms with Gasteiger partial charge in [0.2, 0.25) is 15.9 Å². The number of thiazole rings is 1. The summed E-state index contributed by atoms with van der Waals surface area (Å²) in [6.07, 6.45) is 0. The van der Waals surface area contributed by atoms with Crippen molar-refractivity contribution >= 4 is 54.4 Å². The summed E-state index contributed by atoms with van der Waals surface area (Å²) in [4.78, 5) is 43.2. The molecule has 1 aliphatic heterocycles. The van der Waals surface area contributed by atoms with Crippen molar-refractivity contribution in [3.05, 3.63) is 53.6 Å². The molecule has 1 aromatic heterocycles. The highest BCUT2D eigenvalue weighted by molar-refractivity contribution is 7.89. The maximum absolute atomic E-state index is 12.7. The van der Waals surface area contributed by atoms with Crippen LogP contribution in [0.1, 0.15) is 27.6 Å². The minimum Gasteiger partial charge on any atom is -0.300 e. The van der Waals surface area contributed by atoms with Crippen LogP contribution in [0.2, 0.25) is 0 Å². The first-order chi connectivity index (χ1) is 14.6. The lowest BCUT2D eigenvalue weighted by Gasteiger charge is -2.21. The van der Waals surface area contributed by atoms with Crippen LogP contribution in [0.5, 0.6) is 0 Å². The summed E-state index contributed by atoms with van der Waals surface area (Å²) in [6.45, 7) is 1.46. The molecule has 0 aliphatic carbocycles. The van der Waals surface area contributed by atoms with Gasteiger partial charge in [-0.05, 0) is 37.3 Å². The van der Waals surface area contributed by atoms with Gasteiger partial charge in [0.15, 0.2) is 5.13 Å². The predicted molar refractivity (Wildman–Crippen MR) is 116 cm³/mol. The molecular weight excluding hydrogens is 440 g/mol. The minimum atomic E-state index is -3.60. The first-order valence-electron chi connectivity index (χ1n) is 9.22. The van der Waals surface area contributed by atoms with E-state index in [0.717, 1.165) is 20.5 Å². The molecule has 1 N–H and O–H groups in total. The quantitative estimate of drug-likeness (QED) is 0.586. The normalized spacial score (nSPS) is 14.9. The van der Waals surface area contributed by atoms with Gasteiger partial charge in [-0.15, -0.1) is 0 Å². The van der Waals surface area contributed by atoms with Crippen LogP contribution in [0.3, 0.4) is 0 Å². The second-order valence-electron chi connectivity index (χ2n) is 7.13. The van der Waals surface area contributed by atoms with E-state index in [1.54, 1.807) is 30.3 Å². The lowest BCUT2D eigenvalue weighted by Crippen LogP contribution is -2.45. The second kappa shape index (κ2) is 7.52. The van der Waals surface area contributed by atoms with Gasteiger partial charge in [-0.25, -0.2) is 17.7 Å². The van der Waals surface area contributed by atoms with Gasteiger partial charge in [0.1, 0.15) is 6.04 Å². The number of sulfonamides is 1. The largest absolute Gasteiger partial charge is 0.300 e. The fraction of sp³-hybridized carbons (Fsp3) is 0.200. The third kappa shape index (κ3) is 3.50. The van der Waals surface area contributed by atoms with Gasteiger partial charge in [0, 0.05) is 14.1 Å². The number of hydrogen-bond donors (Lipinski definition) is 1. The summed E-state index contributed by atoms with van der Waals surface area (Å²) in [6, 6.07) is 9.86. The molecule has 3 aromatic rings. The molecule has 0 saturated carbocycles. The highest BCUT2D eigenvalue weighted by Gasteiger charge is 2.40. The fourth-order valence-electron chi connectivity index (χ4n) is 3.22. The molecule has 2 aromatic carbocycles. The number of imide groups is 1. The lowest BCUT2D eigenvalue weighted by atomic mass is 10.1. The Morgan fingerprint density at radius 1 is 1.10 bits per heavy atom. The van der Waals surface area contributed by atoms with E-state index in [1.165, 1.54) is 33.2 Å². The van der Waals surface area contributed by atoms with Crippen LogP contribution in [0, 0.1) is 0 Å². The Balaban J connectivity index is 1.56. The van der Waals surface area contributed by atoms with Gasteiger partial charge in [-0.3, -0.25) is 19.3 Å². The van der Waals surface area contributed by atoms with Crippen LogP contribution >= 0.6 is 11.3 Å². The van der Waals surface area contributed by atoms with Crippen molar-refractivity contribution in [1.29, 1.82) is 0 Å². The first-order valence-corrected chi connectivity index (χ1v) is 11.5. The maximum Gasteiger partial charge on any atom is 0.262 e. The fourth-order valence-corrected chi connectivity index (χ4v) is 5.13. The average Bonchev–Trinajstić information content (AvgIpc) is 3.25. The minimum absolute atomic E-state index is 0.117. The molecule has 11 heteroatoms. The number of rotatable bonds is 5. The number of aromatic nitrogens is 1. The van der Waals surface area contributed by atoms with Gasteiger partial charge in [0.25, 0.3) is 11.8 Å². The summed E-state index contributed by atoms with van der Waals surface area (Å²) in [5.41, 5.74) is 1.05. The van der Waals surface area contributed by atoms with Crippen LogP contribution in [-0.4, -0.2) is 60.5 Å². The number of amides is 3. The zero-order valence-electron chi connectivity index (χ0n) is 16.8. The van der Waals surface area contributed by atoms with Crippen molar-refractivity contribution in [2.24, 2.45) is 0 Å². The lowest BCUT2D eigenvalue weighted by molar-refractivity contribution is -0.119. The topological polar surface area (TPSA) is 117 Å². The molecule has 2 heterocycles. The van der Waals surface area contributed by atoms with Crippen molar-refractivity contribution in [1.82, 2.24) is 14.2 Å². The summed E-state index contributed by atoms with van der Waals surface area (Å²) in [7, 11) is -0.716. The summed E-state index contributed by atoms with van der Waals surface area (Å²) in [5, 5.41) is 2.86. The Morgan fingerprint density at radius 3 is 2.29 bits per heavy atom. The number of nitrogens with zero attached hydrogens (tertiary/aromatic N) is 3. The summed E-state index contributed by atoms with van der Waals surface area (Å²) < 4.78 is 26.3. The van der Waals surface area contributed by atoms with Gasteiger partial charge in [0.05, 0.1) is 26.2 Å².